The van der Waals surface area contributed by atoms with Crippen LogP contribution in [0.3, 0.4) is 0 Å². The van der Waals surface area contributed by atoms with Crippen molar-refractivity contribution >= 4 is 22.7 Å². The summed E-state index contributed by atoms with van der Waals surface area (Å²) in [6.07, 6.45) is 0. The number of amides is 1. The first kappa shape index (κ1) is 20.1. The standard InChI is InChI=1S/C25H22N2O5/c1-5-30-17-8-6-16(7-9-17)22-21-23(28)18-10-13(2)14(3)11-19(18)31-24(21)25(29)27(22)20-12-15(4)32-26-20/h6-12,22H,5H2,1-4H3/t22-/m1/s1. The third-order valence-corrected chi connectivity index (χ3v) is 5.86. The van der Waals surface area contributed by atoms with Crippen molar-refractivity contribution in [1.29, 1.82) is 0 Å². The third-order valence-electron chi connectivity index (χ3n) is 5.86. The summed E-state index contributed by atoms with van der Waals surface area (Å²) in [6.45, 7) is 8.09. The molecule has 5 rings (SSSR count). The molecular weight excluding hydrogens is 408 g/mol. The Bertz CT molecular complexity index is 1420. The molecule has 2 aromatic carbocycles. The van der Waals surface area contributed by atoms with E-state index in [4.69, 9.17) is 13.7 Å². The maximum atomic E-state index is 13.7. The van der Waals surface area contributed by atoms with Gasteiger partial charge in [0, 0.05) is 6.07 Å². The van der Waals surface area contributed by atoms with Gasteiger partial charge in [-0.25, -0.2) is 0 Å². The lowest BCUT2D eigenvalue weighted by Gasteiger charge is -2.22. The van der Waals surface area contributed by atoms with Crippen LogP contribution in [0.2, 0.25) is 0 Å². The van der Waals surface area contributed by atoms with Gasteiger partial charge >= 0.3 is 0 Å². The predicted octanol–water partition coefficient (Wildman–Crippen LogP) is 4.85. The maximum absolute atomic E-state index is 13.7. The molecule has 0 aliphatic carbocycles. The van der Waals surface area contributed by atoms with E-state index in [1.54, 1.807) is 19.1 Å². The van der Waals surface area contributed by atoms with Crippen molar-refractivity contribution in [3.8, 4) is 5.75 Å². The second-order valence-electron chi connectivity index (χ2n) is 7.98. The highest BCUT2D eigenvalue weighted by Gasteiger charge is 2.44. The van der Waals surface area contributed by atoms with E-state index in [0.717, 1.165) is 16.7 Å². The summed E-state index contributed by atoms with van der Waals surface area (Å²) in [5.41, 5.74) is 3.19. The summed E-state index contributed by atoms with van der Waals surface area (Å²) >= 11 is 0. The molecule has 0 radical (unpaired) electrons. The van der Waals surface area contributed by atoms with Gasteiger partial charge in [0.05, 0.1) is 23.6 Å². The van der Waals surface area contributed by atoms with E-state index >= 15 is 0 Å². The number of anilines is 1. The lowest BCUT2D eigenvalue weighted by molar-refractivity contribution is 0.0969. The highest BCUT2D eigenvalue weighted by Crippen LogP contribution is 2.41. The number of benzene rings is 2. The van der Waals surface area contributed by atoms with Gasteiger partial charge in [0.2, 0.25) is 5.76 Å². The van der Waals surface area contributed by atoms with E-state index < -0.39 is 11.9 Å². The molecule has 1 aliphatic heterocycles. The number of hydrogen-bond donors (Lipinski definition) is 0. The molecule has 162 valence electrons. The Labute approximate surface area is 184 Å². The van der Waals surface area contributed by atoms with E-state index in [0.29, 0.717) is 40.5 Å². The number of aromatic nitrogens is 1. The van der Waals surface area contributed by atoms with Gasteiger partial charge in [-0.3, -0.25) is 14.5 Å². The molecule has 0 saturated heterocycles. The highest BCUT2D eigenvalue weighted by atomic mass is 16.5. The summed E-state index contributed by atoms with van der Waals surface area (Å²) in [6, 6.07) is 11.9. The molecule has 2 aromatic heterocycles. The maximum Gasteiger partial charge on any atom is 0.296 e. The first-order valence-corrected chi connectivity index (χ1v) is 10.5. The summed E-state index contributed by atoms with van der Waals surface area (Å²) in [4.78, 5) is 28.6. The largest absolute Gasteiger partial charge is 0.494 e. The predicted molar refractivity (Wildman–Crippen MR) is 119 cm³/mol. The van der Waals surface area contributed by atoms with Gasteiger partial charge in [-0.05, 0) is 68.7 Å². The SMILES string of the molecule is CCOc1ccc([C@@H]2c3c(oc4cc(C)c(C)cc4c3=O)C(=O)N2c2cc(C)on2)cc1. The Hall–Kier alpha value is -3.87. The Kier molecular flexibility index (Phi) is 4.62. The fourth-order valence-electron chi connectivity index (χ4n) is 4.16. The second-order valence-corrected chi connectivity index (χ2v) is 7.98. The number of aryl methyl sites for hydroxylation is 3. The van der Waals surface area contributed by atoms with Crippen molar-refractivity contribution < 1.29 is 18.5 Å². The van der Waals surface area contributed by atoms with Crippen molar-refractivity contribution in [2.75, 3.05) is 11.5 Å². The van der Waals surface area contributed by atoms with Crippen LogP contribution in [-0.4, -0.2) is 17.7 Å². The van der Waals surface area contributed by atoms with Crippen molar-refractivity contribution in [2.24, 2.45) is 0 Å². The number of fused-ring (bicyclic) bond motifs is 2. The van der Waals surface area contributed by atoms with Gasteiger partial charge in [0.15, 0.2) is 11.2 Å². The average Bonchev–Trinajstić information content (AvgIpc) is 3.32. The molecule has 0 bridgehead atoms. The fourth-order valence-corrected chi connectivity index (χ4v) is 4.16. The quantitative estimate of drug-likeness (QED) is 0.460. The third kappa shape index (κ3) is 3.00. The minimum absolute atomic E-state index is 0.0327. The van der Waals surface area contributed by atoms with E-state index in [9.17, 15) is 9.59 Å². The lowest BCUT2D eigenvalue weighted by Crippen LogP contribution is -2.29. The van der Waals surface area contributed by atoms with Crippen LogP contribution in [0.4, 0.5) is 5.82 Å². The number of rotatable bonds is 4. The summed E-state index contributed by atoms with van der Waals surface area (Å²) in [5, 5.41) is 4.50. The van der Waals surface area contributed by atoms with Crippen molar-refractivity contribution in [3.63, 3.8) is 0 Å². The molecule has 0 spiro atoms. The van der Waals surface area contributed by atoms with Crippen molar-refractivity contribution in [2.45, 2.75) is 33.7 Å². The molecular formula is C25H22N2O5. The molecule has 0 fully saturated rings. The van der Waals surface area contributed by atoms with E-state index in [2.05, 4.69) is 5.16 Å². The molecule has 7 heteroatoms. The molecule has 32 heavy (non-hydrogen) atoms. The van der Waals surface area contributed by atoms with Crippen LogP contribution in [0, 0.1) is 20.8 Å². The van der Waals surface area contributed by atoms with Gasteiger partial charge in [0.1, 0.15) is 17.1 Å². The number of carbonyl (C=O) groups excluding carboxylic acids is 1. The first-order valence-electron chi connectivity index (χ1n) is 10.5. The van der Waals surface area contributed by atoms with Crippen LogP contribution in [0.25, 0.3) is 11.0 Å². The average molecular weight is 430 g/mol. The van der Waals surface area contributed by atoms with E-state index in [1.807, 2.05) is 51.1 Å². The van der Waals surface area contributed by atoms with Crippen LogP contribution in [0.15, 0.2) is 56.2 Å². The molecule has 0 N–H and O–H groups in total. The summed E-state index contributed by atoms with van der Waals surface area (Å²) in [7, 11) is 0. The minimum atomic E-state index is -0.695. The highest BCUT2D eigenvalue weighted by molar-refractivity contribution is 6.10. The lowest BCUT2D eigenvalue weighted by atomic mass is 9.97. The normalized spacial score (nSPS) is 15.4. The van der Waals surface area contributed by atoms with Gasteiger partial charge < -0.3 is 13.7 Å². The molecule has 1 amide bonds. The zero-order valence-corrected chi connectivity index (χ0v) is 18.3. The molecule has 0 unspecified atom stereocenters. The molecule has 3 heterocycles. The molecule has 1 atom stereocenters. The Morgan fingerprint density at radius 3 is 2.41 bits per heavy atom. The van der Waals surface area contributed by atoms with Crippen LogP contribution in [-0.2, 0) is 0 Å². The number of ether oxygens (including phenoxy) is 1. The zero-order chi connectivity index (χ0) is 22.6. The van der Waals surface area contributed by atoms with Gasteiger partial charge in [-0.15, -0.1) is 0 Å². The monoisotopic (exact) mass is 430 g/mol. The summed E-state index contributed by atoms with van der Waals surface area (Å²) < 4.78 is 16.8. The van der Waals surface area contributed by atoms with Gasteiger partial charge in [-0.1, -0.05) is 17.3 Å². The topological polar surface area (TPSA) is 85.8 Å². The van der Waals surface area contributed by atoms with E-state index in [-0.39, 0.29) is 11.2 Å². The Morgan fingerprint density at radius 1 is 1.03 bits per heavy atom. The smallest absolute Gasteiger partial charge is 0.296 e. The Morgan fingerprint density at radius 2 is 1.75 bits per heavy atom. The van der Waals surface area contributed by atoms with Crippen LogP contribution >= 0.6 is 0 Å². The van der Waals surface area contributed by atoms with Gasteiger partial charge in [-0.2, -0.15) is 0 Å². The van der Waals surface area contributed by atoms with Crippen LogP contribution in [0.1, 0.15) is 51.5 Å². The zero-order valence-electron chi connectivity index (χ0n) is 18.3. The number of hydrogen-bond acceptors (Lipinski definition) is 6. The summed E-state index contributed by atoms with van der Waals surface area (Å²) in [5.74, 6) is 1.20. The van der Waals surface area contributed by atoms with Gasteiger partial charge in [0.25, 0.3) is 5.91 Å². The second kappa shape index (κ2) is 7.37. The first-order chi connectivity index (χ1) is 15.4. The Balaban J connectivity index is 1.77. The van der Waals surface area contributed by atoms with Crippen LogP contribution < -0.4 is 15.1 Å². The molecule has 7 nitrogen and oxygen atoms in total. The molecule has 0 saturated carbocycles. The number of carbonyl (C=O) groups is 1. The van der Waals surface area contributed by atoms with E-state index in [1.165, 1.54) is 4.90 Å². The van der Waals surface area contributed by atoms with Crippen molar-refractivity contribution in [3.05, 3.63) is 86.5 Å². The van der Waals surface area contributed by atoms with Crippen LogP contribution in [0.5, 0.6) is 5.75 Å². The minimum Gasteiger partial charge on any atom is -0.494 e. The fraction of sp³-hybridized carbons (Fsp3) is 0.240. The molecule has 1 aliphatic rings. The molecule has 4 aromatic rings. The number of nitrogens with zero attached hydrogens (tertiary/aromatic N) is 2. The van der Waals surface area contributed by atoms with Crippen molar-refractivity contribution in [1.82, 2.24) is 5.16 Å².